The maximum absolute atomic E-state index is 13.7. The first-order valence-corrected chi connectivity index (χ1v) is 13.0. The van der Waals surface area contributed by atoms with Crippen molar-refractivity contribution in [1.29, 1.82) is 0 Å². The Morgan fingerprint density at radius 2 is 1.69 bits per heavy atom. The molecule has 1 unspecified atom stereocenters. The Morgan fingerprint density at radius 3 is 2.26 bits per heavy atom. The zero-order valence-corrected chi connectivity index (χ0v) is 22.9. The topological polar surface area (TPSA) is 139 Å². The highest BCUT2D eigenvalue weighted by Crippen LogP contribution is 2.28. The number of aliphatic hydroxyl groups excluding tert-OH is 1. The molecule has 2 amide bonds. The number of aromatic nitrogens is 1. The van der Waals surface area contributed by atoms with Crippen molar-refractivity contribution in [2.24, 2.45) is 11.7 Å². The predicted molar refractivity (Wildman–Crippen MR) is 152 cm³/mol. The summed E-state index contributed by atoms with van der Waals surface area (Å²) in [6.45, 7) is 3.55. The number of carbonyl (C=O) groups excluding carboxylic acids is 2. The van der Waals surface area contributed by atoms with Gasteiger partial charge in [0.1, 0.15) is 0 Å². The van der Waals surface area contributed by atoms with E-state index in [1.165, 1.54) is 14.0 Å². The van der Waals surface area contributed by atoms with Crippen molar-refractivity contribution in [3.63, 3.8) is 0 Å². The zero-order valence-electron chi connectivity index (χ0n) is 22.9. The average molecular weight is 534 g/mol. The summed E-state index contributed by atoms with van der Waals surface area (Å²) in [5.41, 5.74) is 8.55. The van der Waals surface area contributed by atoms with Crippen molar-refractivity contribution in [2.45, 2.75) is 44.0 Å². The molecular weight excluding hydrogens is 494 g/mol. The lowest BCUT2D eigenvalue weighted by Gasteiger charge is -2.38. The number of likely N-dealkylation sites (N-methyl/N-ethyl adjacent to an activating group) is 1. The first-order valence-electron chi connectivity index (χ1n) is 13.0. The Labute approximate surface area is 230 Å². The van der Waals surface area contributed by atoms with Crippen LogP contribution < -0.4 is 21.7 Å². The van der Waals surface area contributed by atoms with E-state index in [2.05, 4.69) is 33.1 Å². The SMILES string of the molecule is CNC[C@@H](NC(=O)[C@@](N)(NC(=O)OC)[C@@H](C)C(C)O)[C@@H](Cc1ccccc1)c1ccc(-c2ccccn2)cc1. The molecule has 39 heavy (non-hydrogen) atoms. The standard InChI is InChI=1S/C30H39N5O4/c1-20(21(2)36)30(31,35-29(38)39-4)28(37)34-27(19-32-3)25(18-22-10-6-5-7-11-22)23-13-15-24(16-14-23)26-12-8-9-17-33-26/h5-17,20-21,25,27,32,36H,18-19,31H2,1-4H3,(H,34,37)(H,35,38)/t20-,21?,25-,27+,30-/m0/s1. The summed E-state index contributed by atoms with van der Waals surface area (Å²) in [7, 11) is 3.00. The number of benzene rings is 2. The van der Waals surface area contributed by atoms with Crippen molar-refractivity contribution in [3.8, 4) is 11.3 Å². The fourth-order valence-electron chi connectivity index (χ4n) is 4.57. The van der Waals surface area contributed by atoms with Crippen LogP contribution in [0.25, 0.3) is 11.3 Å². The number of nitrogens with two attached hydrogens (primary N) is 1. The van der Waals surface area contributed by atoms with E-state index in [4.69, 9.17) is 10.5 Å². The molecule has 9 heteroatoms. The Balaban J connectivity index is 1.98. The molecule has 0 aliphatic carbocycles. The van der Waals surface area contributed by atoms with E-state index < -0.39 is 35.7 Å². The van der Waals surface area contributed by atoms with Crippen molar-refractivity contribution in [2.75, 3.05) is 20.7 Å². The van der Waals surface area contributed by atoms with Gasteiger partial charge in [0.05, 0.1) is 18.9 Å². The number of nitrogens with zero attached hydrogens (tertiary/aromatic N) is 1. The van der Waals surface area contributed by atoms with Gasteiger partial charge in [-0.2, -0.15) is 0 Å². The van der Waals surface area contributed by atoms with Crippen LogP contribution in [0.5, 0.6) is 0 Å². The highest BCUT2D eigenvalue weighted by atomic mass is 16.5. The summed E-state index contributed by atoms with van der Waals surface area (Å²) < 4.78 is 4.71. The summed E-state index contributed by atoms with van der Waals surface area (Å²) in [5, 5.41) is 18.9. The maximum Gasteiger partial charge on any atom is 0.408 e. The molecule has 208 valence electrons. The fraction of sp³-hybridized carbons (Fsp3) is 0.367. The predicted octanol–water partition coefficient (Wildman–Crippen LogP) is 2.81. The number of pyridine rings is 1. The number of alkyl carbamates (subject to hydrolysis) is 1. The molecule has 0 bridgehead atoms. The van der Waals surface area contributed by atoms with E-state index in [1.807, 2.05) is 67.7 Å². The van der Waals surface area contributed by atoms with E-state index in [0.717, 1.165) is 22.4 Å². The Kier molecular flexibility index (Phi) is 10.6. The number of aliphatic hydroxyl groups is 1. The minimum Gasteiger partial charge on any atom is -0.453 e. The van der Waals surface area contributed by atoms with E-state index >= 15 is 0 Å². The van der Waals surface area contributed by atoms with Gasteiger partial charge in [0.25, 0.3) is 5.91 Å². The van der Waals surface area contributed by atoms with Crippen molar-refractivity contribution >= 4 is 12.0 Å². The molecule has 0 saturated heterocycles. The van der Waals surface area contributed by atoms with Crippen molar-refractivity contribution in [1.82, 2.24) is 20.9 Å². The first kappa shape index (κ1) is 29.8. The molecule has 3 rings (SSSR count). The van der Waals surface area contributed by atoms with Gasteiger partial charge in [-0.1, -0.05) is 67.6 Å². The lowest BCUT2D eigenvalue weighted by molar-refractivity contribution is -0.132. The third-order valence-electron chi connectivity index (χ3n) is 7.14. The highest BCUT2D eigenvalue weighted by Gasteiger charge is 2.45. The normalized spacial score (nSPS) is 15.7. The fourth-order valence-corrected chi connectivity index (χ4v) is 4.57. The van der Waals surface area contributed by atoms with Gasteiger partial charge in [-0.3, -0.25) is 15.1 Å². The number of hydrogen-bond donors (Lipinski definition) is 5. The van der Waals surface area contributed by atoms with Gasteiger partial charge in [0.15, 0.2) is 5.66 Å². The molecule has 5 atom stereocenters. The summed E-state index contributed by atoms with van der Waals surface area (Å²) in [6, 6.07) is 23.6. The number of ether oxygens (including phenoxy) is 1. The second-order valence-electron chi connectivity index (χ2n) is 9.79. The highest BCUT2D eigenvalue weighted by molar-refractivity contribution is 5.90. The molecular formula is C30H39N5O4. The molecule has 0 fully saturated rings. The van der Waals surface area contributed by atoms with Crippen LogP contribution in [0.3, 0.4) is 0 Å². The van der Waals surface area contributed by atoms with E-state index in [9.17, 15) is 14.7 Å². The second kappa shape index (κ2) is 13.8. The Morgan fingerprint density at radius 1 is 1.03 bits per heavy atom. The van der Waals surface area contributed by atoms with Gasteiger partial charge in [-0.05, 0) is 43.7 Å². The number of nitrogens with one attached hydrogen (secondary N) is 3. The molecule has 0 saturated carbocycles. The number of amides is 2. The molecule has 0 aliphatic rings. The molecule has 1 aromatic heterocycles. The number of hydrogen-bond acceptors (Lipinski definition) is 7. The van der Waals surface area contributed by atoms with Crippen LogP contribution in [0.4, 0.5) is 4.79 Å². The Hall–Kier alpha value is -3.79. The minimum atomic E-state index is -1.91. The van der Waals surface area contributed by atoms with Crippen LogP contribution in [0.1, 0.15) is 30.9 Å². The number of methoxy groups -OCH3 is 1. The van der Waals surface area contributed by atoms with Crippen LogP contribution in [0.15, 0.2) is 79.0 Å². The van der Waals surface area contributed by atoms with Crippen LogP contribution in [-0.2, 0) is 16.0 Å². The lowest BCUT2D eigenvalue weighted by Crippen LogP contribution is -2.71. The van der Waals surface area contributed by atoms with Gasteiger partial charge in [-0.25, -0.2) is 4.79 Å². The number of rotatable bonds is 12. The van der Waals surface area contributed by atoms with Gasteiger partial charge in [0, 0.05) is 36.2 Å². The second-order valence-corrected chi connectivity index (χ2v) is 9.79. The monoisotopic (exact) mass is 533 g/mol. The first-order chi connectivity index (χ1) is 18.7. The molecule has 0 spiro atoms. The van der Waals surface area contributed by atoms with E-state index in [1.54, 1.807) is 13.1 Å². The molecule has 0 aliphatic heterocycles. The minimum absolute atomic E-state index is 0.147. The Bertz CT molecular complexity index is 1190. The van der Waals surface area contributed by atoms with E-state index in [0.29, 0.717) is 13.0 Å². The summed E-state index contributed by atoms with van der Waals surface area (Å²) in [5.74, 6) is -1.58. The quantitative estimate of drug-likeness (QED) is 0.226. The van der Waals surface area contributed by atoms with Crippen LogP contribution in [0, 0.1) is 5.92 Å². The molecule has 2 aromatic carbocycles. The van der Waals surface area contributed by atoms with Crippen LogP contribution in [0.2, 0.25) is 0 Å². The van der Waals surface area contributed by atoms with Gasteiger partial charge in [-0.15, -0.1) is 0 Å². The molecule has 1 heterocycles. The van der Waals surface area contributed by atoms with E-state index in [-0.39, 0.29) is 5.92 Å². The van der Waals surface area contributed by atoms with Gasteiger partial charge < -0.3 is 26.2 Å². The molecule has 9 nitrogen and oxygen atoms in total. The van der Waals surface area contributed by atoms with Gasteiger partial charge >= 0.3 is 6.09 Å². The van der Waals surface area contributed by atoms with Gasteiger partial charge in [0.2, 0.25) is 0 Å². The summed E-state index contributed by atoms with van der Waals surface area (Å²) >= 11 is 0. The van der Waals surface area contributed by atoms with Crippen LogP contribution in [-0.4, -0.2) is 60.6 Å². The van der Waals surface area contributed by atoms with Crippen molar-refractivity contribution in [3.05, 3.63) is 90.1 Å². The average Bonchev–Trinajstić information content (AvgIpc) is 2.96. The summed E-state index contributed by atoms with van der Waals surface area (Å²) in [4.78, 5) is 30.3. The summed E-state index contributed by atoms with van der Waals surface area (Å²) in [6.07, 6.45) is 0.566. The molecule has 3 aromatic rings. The molecule has 0 radical (unpaired) electrons. The lowest BCUT2D eigenvalue weighted by atomic mass is 9.84. The smallest absolute Gasteiger partial charge is 0.408 e. The third-order valence-corrected chi connectivity index (χ3v) is 7.14. The van der Waals surface area contributed by atoms with Crippen molar-refractivity contribution < 1.29 is 19.4 Å². The third kappa shape index (κ3) is 7.63. The largest absolute Gasteiger partial charge is 0.453 e. The zero-order chi connectivity index (χ0) is 28.4. The maximum atomic E-state index is 13.7. The van der Waals surface area contributed by atoms with Crippen LogP contribution >= 0.6 is 0 Å². The molecule has 6 N–H and O–H groups in total. The number of carbonyl (C=O) groups is 2.